The molecule has 2 aromatic heterocycles. The third-order valence-corrected chi connectivity index (χ3v) is 7.03. The summed E-state index contributed by atoms with van der Waals surface area (Å²) in [6.45, 7) is 2.00. The Morgan fingerprint density at radius 2 is 1.91 bits per heavy atom. The maximum Gasteiger partial charge on any atom is 0.175 e. The van der Waals surface area contributed by atoms with E-state index in [1.165, 1.54) is 25.3 Å². The second kappa shape index (κ2) is 7.20. The highest BCUT2D eigenvalue weighted by molar-refractivity contribution is 6.03. The zero-order valence-electron chi connectivity index (χ0n) is 17.6. The largest absolute Gasteiger partial charge is 0.508 e. The number of fused-ring (bicyclic) bond motifs is 4. The van der Waals surface area contributed by atoms with Gasteiger partial charge in [-0.1, -0.05) is 18.1 Å². The molecule has 2 aliphatic rings. The number of hydrogen-bond donors (Lipinski definition) is 1. The van der Waals surface area contributed by atoms with Gasteiger partial charge in [0.1, 0.15) is 17.0 Å². The molecule has 5 heteroatoms. The van der Waals surface area contributed by atoms with Crippen LogP contribution in [0.25, 0.3) is 32.9 Å². The summed E-state index contributed by atoms with van der Waals surface area (Å²) in [6, 6.07) is 10.6. The van der Waals surface area contributed by atoms with E-state index in [1.807, 2.05) is 24.3 Å². The number of halogens is 1. The lowest BCUT2D eigenvalue weighted by Crippen LogP contribution is -2.36. The van der Waals surface area contributed by atoms with E-state index in [0.29, 0.717) is 22.0 Å². The van der Waals surface area contributed by atoms with E-state index in [2.05, 4.69) is 20.8 Å². The zero-order valence-corrected chi connectivity index (χ0v) is 17.6. The Morgan fingerprint density at radius 1 is 1.09 bits per heavy atom. The van der Waals surface area contributed by atoms with Crippen molar-refractivity contribution in [2.75, 3.05) is 18.0 Å². The second-order valence-electron chi connectivity index (χ2n) is 9.00. The van der Waals surface area contributed by atoms with Crippen LogP contribution in [0.4, 0.5) is 10.1 Å². The first-order chi connectivity index (χ1) is 15.6. The fourth-order valence-corrected chi connectivity index (χ4v) is 5.65. The molecule has 1 N–H and O–H groups in total. The van der Waals surface area contributed by atoms with E-state index in [4.69, 9.17) is 6.42 Å². The number of aromatic hydroxyl groups is 1. The smallest absolute Gasteiger partial charge is 0.175 e. The van der Waals surface area contributed by atoms with Gasteiger partial charge in [0.05, 0.1) is 0 Å². The number of phenols is 1. The summed E-state index contributed by atoms with van der Waals surface area (Å²) >= 11 is 0. The fourth-order valence-electron chi connectivity index (χ4n) is 5.65. The lowest BCUT2D eigenvalue weighted by Gasteiger charge is -2.34. The number of piperidine rings is 1. The number of hydrogen-bond acceptors (Lipinski definition) is 4. The minimum atomic E-state index is -0.497. The lowest BCUT2D eigenvalue weighted by atomic mass is 9.96. The monoisotopic (exact) mass is 423 g/mol. The first-order valence-electron chi connectivity index (χ1n) is 11.0. The molecule has 1 aliphatic heterocycles. The normalized spacial score (nSPS) is 20.1. The minimum absolute atomic E-state index is 0.0356. The van der Waals surface area contributed by atoms with Crippen LogP contribution in [0.1, 0.15) is 24.8 Å². The quantitative estimate of drug-likeness (QED) is 0.432. The maximum atomic E-state index is 15.9. The average molecular weight is 423 g/mol. The predicted molar refractivity (Wildman–Crippen MR) is 125 cm³/mol. The van der Waals surface area contributed by atoms with Crippen LogP contribution in [-0.2, 0) is 0 Å². The third kappa shape index (κ3) is 2.90. The number of benzene rings is 2. The molecule has 1 saturated heterocycles. The van der Waals surface area contributed by atoms with Crippen LogP contribution < -0.4 is 4.90 Å². The number of aromatic nitrogens is 2. The van der Waals surface area contributed by atoms with Crippen molar-refractivity contribution in [1.82, 2.24) is 9.97 Å². The van der Waals surface area contributed by atoms with E-state index in [1.54, 1.807) is 18.5 Å². The van der Waals surface area contributed by atoms with Crippen LogP contribution in [0.5, 0.6) is 5.75 Å². The van der Waals surface area contributed by atoms with Crippen molar-refractivity contribution in [3.8, 4) is 29.4 Å². The molecule has 1 aliphatic carbocycles. The van der Waals surface area contributed by atoms with Crippen LogP contribution in [-0.4, -0.2) is 28.2 Å². The molecule has 6 rings (SSSR count). The molecule has 4 nitrogen and oxygen atoms in total. The Kier molecular flexibility index (Phi) is 4.29. The number of rotatable bonds is 2. The van der Waals surface area contributed by atoms with Crippen molar-refractivity contribution in [3.63, 3.8) is 0 Å². The van der Waals surface area contributed by atoms with E-state index in [-0.39, 0.29) is 11.4 Å². The molecule has 4 aromatic rings. The molecule has 158 valence electrons. The van der Waals surface area contributed by atoms with Crippen molar-refractivity contribution >= 4 is 27.4 Å². The van der Waals surface area contributed by atoms with Crippen molar-refractivity contribution in [2.24, 2.45) is 11.8 Å². The Hall–Kier alpha value is -3.65. The Bertz CT molecular complexity index is 1410. The number of phenolic OH excluding ortho intramolecular Hbond substituents is 1. The highest BCUT2D eigenvalue weighted by Gasteiger charge is 2.33. The first kappa shape index (κ1) is 19.1. The van der Waals surface area contributed by atoms with Gasteiger partial charge in [-0.3, -0.25) is 9.97 Å². The zero-order chi connectivity index (χ0) is 21.8. The van der Waals surface area contributed by atoms with Gasteiger partial charge in [0.15, 0.2) is 5.82 Å². The van der Waals surface area contributed by atoms with Gasteiger partial charge >= 0.3 is 0 Å². The highest BCUT2D eigenvalue weighted by Crippen LogP contribution is 2.41. The van der Waals surface area contributed by atoms with Crippen molar-refractivity contribution < 1.29 is 9.50 Å². The molecule has 2 bridgehead atoms. The Balaban J connectivity index is 1.54. The van der Waals surface area contributed by atoms with E-state index in [0.717, 1.165) is 41.4 Å². The SMILES string of the molecule is C#Cc1cccc2cc(O)cc(-c3ncc4c(N5CC6CCC(C6)C5)ccnc4c3F)c12. The Labute approximate surface area is 185 Å². The van der Waals surface area contributed by atoms with Crippen LogP contribution in [0.15, 0.2) is 48.8 Å². The van der Waals surface area contributed by atoms with Gasteiger partial charge in [-0.05, 0) is 60.7 Å². The highest BCUT2D eigenvalue weighted by atomic mass is 19.1. The summed E-state index contributed by atoms with van der Waals surface area (Å²) in [5.74, 6) is 3.64. The van der Waals surface area contributed by atoms with Crippen LogP contribution in [0.3, 0.4) is 0 Å². The predicted octanol–water partition coefficient (Wildman–Crippen LogP) is 5.51. The second-order valence-corrected chi connectivity index (χ2v) is 9.00. The summed E-state index contributed by atoms with van der Waals surface area (Å²) in [6.07, 6.45) is 13.0. The minimum Gasteiger partial charge on any atom is -0.508 e. The first-order valence-corrected chi connectivity index (χ1v) is 11.0. The summed E-state index contributed by atoms with van der Waals surface area (Å²) < 4.78 is 15.9. The maximum absolute atomic E-state index is 15.9. The number of pyridine rings is 2. The van der Waals surface area contributed by atoms with Crippen molar-refractivity contribution in [2.45, 2.75) is 19.3 Å². The van der Waals surface area contributed by atoms with E-state index in [9.17, 15) is 5.11 Å². The van der Waals surface area contributed by atoms with Gasteiger partial charge in [-0.15, -0.1) is 6.42 Å². The molecular weight excluding hydrogens is 401 g/mol. The average Bonchev–Trinajstić information content (AvgIpc) is 3.15. The molecule has 0 amide bonds. The molecule has 0 spiro atoms. The van der Waals surface area contributed by atoms with E-state index >= 15 is 4.39 Å². The number of anilines is 1. The van der Waals surface area contributed by atoms with Gasteiger partial charge in [0, 0.05) is 53.1 Å². The van der Waals surface area contributed by atoms with Gasteiger partial charge in [0.25, 0.3) is 0 Å². The fraction of sp³-hybridized carbons (Fsp3) is 0.259. The van der Waals surface area contributed by atoms with Gasteiger partial charge < -0.3 is 10.0 Å². The van der Waals surface area contributed by atoms with Gasteiger partial charge in [-0.25, -0.2) is 4.39 Å². The standard InChI is InChI=1S/C27H22FN3O/c1-2-18-4-3-5-19-11-20(32)12-21(24(18)19)26-25(28)27-22(13-30-26)23(8-9-29-27)31-14-16-6-7-17(10-16)15-31/h1,3-5,8-9,11-13,16-17,32H,6-7,10,14-15H2. The summed E-state index contributed by atoms with van der Waals surface area (Å²) in [7, 11) is 0. The Morgan fingerprint density at radius 3 is 2.69 bits per heavy atom. The number of terminal acetylenes is 1. The molecule has 2 unspecified atom stereocenters. The summed E-state index contributed by atoms with van der Waals surface area (Å²) in [5, 5.41) is 12.4. The summed E-state index contributed by atoms with van der Waals surface area (Å²) in [4.78, 5) is 11.3. The molecule has 2 atom stereocenters. The summed E-state index contributed by atoms with van der Waals surface area (Å²) in [5.41, 5.74) is 2.53. The molecule has 2 aromatic carbocycles. The molecule has 0 radical (unpaired) electrons. The molecule has 2 fully saturated rings. The van der Waals surface area contributed by atoms with Gasteiger partial charge in [-0.2, -0.15) is 0 Å². The van der Waals surface area contributed by atoms with Crippen LogP contribution in [0, 0.1) is 30.0 Å². The van der Waals surface area contributed by atoms with Crippen molar-refractivity contribution in [3.05, 3.63) is 60.2 Å². The number of nitrogens with zero attached hydrogens (tertiary/aromatic N) is 3. The molecule has 3 heterocycles. The van der Waals surface area contributed by atoms with Crippen LogP contribution in [0.2, 0.25) is 0 Å². The third-order valence-electron chi connectivity index (χ3n) is 7.03. The van der Waals surface area contributed by atoms with Crippen molar-refractivity contribution in [1.29, 1.82) is 0 Å². The molecule has 32 heavy (non-hydrogen) atoms. The molecule has 1 saturated carbocycles. The van der Waals surface area contributed by atoms with E-state index < -0.39 is 5.82 Å². The molecular formula is C27H22FN3O. The van der Waals surface area contributed by atoms with Gasteiger partial charge in [0.2, 0.25) is 0 Å². The topological polar surface area (TPSA) is 49.3 Å². The lowest BCUT2D eigenvalue weighted by molar-refractivity contribution is 0.422. The van der Waals surface area contributed by atoms with Crippen LogP contribution >= 0.6 is 0 Å².